The van der Waals surface area contributed by atoms with Gasteiger partial charge in [0.25, 0.3) is 0 Å². The van der Waals surface area contributed by atoms with Crippen LogP contribution in [0.1, 0.15) is 11.4 Å². The molecular formula is C13H10ClN3O. The van der Waals surface area contributed by atoms with Gasteiger partial charge in [0.05, 0.1) is 6.20 Å². The van der Waals surface area contributed by atoms with Crippen molar-refractivity contribution in [3.63, 3.8) is 0 Å². The first-order chi connectivity index (χ1) is 8.74. The zero-order valence-electron chi connectivity index (χ0n) is 9.42. The largest absolute Gasteiger partial charge is 0.506 e. The Balaban J connectivity index is 2.05. The molecule has 2 aromatic heterocycles. The number of nitrogens with zero attached hydrogens (tertiary/aromatic N) is 3. The molecule has 0 aliphatic heterocycles. The van der Waals surface area contributed by atoms with E-state index in [0.717, 1.165) is 11.4 Å². The molecule has 18 heavy (non-hydrogen) atoms. The summed E-state index contributed by atoms with van der Waals surface area (Å²) in [6.07, 6.45) is 2.17. The highest BCUT2D eigenvalue weighted by molar-refractivity contribution is 6.31. The number of rotatable bonds is 2. The van der Waals surface area contributed by atoms with Crippen molar-refractivity contribution in [1.29, 1.82) is 0 Å². The van der Waals surface area contributed by atoms with E-state index < -0.39 is 0 Å². The molecule has 0 amide bonds. The summed E-state index contributed by atoms with van der Waals surface area (Å²) in [6.45, 7) is 0. The Kier molecular flexibility index (Phi) is 2.64. The summed E-state index contributed by atoms with van der Waals surface area (Å²) in [6, 6.07) is 10.9. The van der Waals surface area contributed by atoms with Crippen molar-refractivity contribution in [2.75, 3.05) is 0 Å². The molecule has 0 bridgehead atoms. The average Bonchev–Trinajstić information content (AvgIpc) is 2.75. The summed E-state index contributed by atoms with van der Waals surface area (Å²) in [5.41, 5.74) is 1.69. The molecule has 0 aliphatic carbocycles. The average molecular weight is 260 g/mol. The van der Waals surface area contributed by atoms with Crippen LogP contribution in [0, 0.1) is 0 Å². The van der Waals surface area contributed by atoms with E-state index in [9.17, 15) is 5.11 Å². The topological polar surface area (TPSA) is 50.4 Å². The van der Waals surface area contributed by atoms with E-state index in [-0.39, 0.29) is 5.75 Å². The molecule has 0 atom stereocenters. The van der Waals surface area contributed by atoms with Gasteiger partial charge in [-0.3, -0.25) is 4.40 Å². The van der Waals surface area contributed by atoms with E-state index in [4.69, 9.17) is 11.6 Å². The number of halogens is 1. The number of aromatic hydroxyl groups is 1. The van der Waals surface area contributed by atoms with Gasteiger partial charge in [0.2, 0.25) is 0 Å². The molecule has 0 fully saturated rings. The maximum absolute atomic E-state index is 9.49. The Morgan fingerprint density at radius 1 is 1.11 bits per heavy atom. The molecule has 90 valence electrons. The molecule has 0 saturated heterocycles. The molecule has 3 aromatic rings. The van der Waals surface area contributed by atoms with Crippen LogP contribution in [0.15, 0.2) is 42.6 Å². The van der Waals surface area contributed by atoms with E-state index in [1.165, 1.54) is 0 Å². The van der Waals surface area contributed by atoms with Crippen molar-refractivity contribution in [2.45, 2.75) is 6.42 Å². The van der Waals surface area contributed by atoms with E-state index in [1.54, 1.807) is 22.7 Å². The molecule has 0 unspecified atom stereocenters. The van der Waals surface area contributed by atoms with Gasteiger partial charge in [0, 0.05) is 11.4 Å². The molecule has 5 heteroatoms. The normalized spacial score (nSPS) is 10.9. The lowest BCUT2D eigenvalue weighted by Crippen LogP contribution is -1.96. The SMILES string of the molecule is Oc1ccc2nnc(Cc3ccccc3Cl)n2c1. The van der Waals surface area contributed by atoms with Crippen LogP contribution < -0.4 is 0 Å². The molecule has 0 spiro atoms. The molecule has 4 nitrogen and oxygen atoms in total. The lowest BCUT2D eigenvalue weighted by Gasteiger charge is -2.03. The van der Waals surface area contributed by atoms with Crippen molar-refractivity contribution in [1.82, 2.24) is 14.6 Å². The second-order valence-electron chi connectivity index (χ2n) is 4.00. The first-order valence-electron chi connectivity index (χ1n) is 5.50. The minimum absolute atomic E-state index is 0.183. The maximum Gasteiger partial charge on any atom is 0.161 e. The Hall–Kier alpha value is -2.07. The molecule has 2 heterocycles. The fraction of sp³-hybridized carbons (Fsp3) is 0.0769. The second kappa shape index (κ2) is 4.31. The van der Waals surface area contributed by atoms with E-state index in [0.29, 0.717) is 17.1 Å². The maximum atomic E-state index is 9.49. The summed E-state index contributed by atoms with van der Waals surface area (Å²) in [7, 11) is 0. The van der Waals surface area contributed by atoms with Crippen LogP contribution in [-0.2, 0) is 6.42 Å². The third kappa shape index (κ3) is 1.91. The standard InChI is InChI=1S/C13H10ClN3O/c14-11-4-2-1-3-9(11)7-13-16-15-12-6-5-10(18)8-17(12)13/h1-6,8,18H,7H2. The highest BCUT2D eigenvalue weighted by atomic mass is 35.5. The quantitative estimate of drug-likeness (QED) is 0.770. The van der Waals surface area contributed by atoms with Crippen LogP contribution in [0.25, 0.3) is 5.65 Å². The number of hydrogen-bond donors (Lipinski definition) is 1. The predicted molar refractivity (Wildman–Crippen MR) is 68.9 cm³/mol. The number of aromatic nitrogens is 3. The van der Waals surface area contributed by atoms with Gasteiger partial charge in [-0.05, 0) is 23.8 Å². The van der Waals surface area contributed by atoms with Gasteiger partial charge >= 0.3 is 0 Å². The van der Waals surface area contributed by atoms with Crippen molar-refractivity contribution < 1.29 is 5.11 Å². The second-order valence-corrected chi connectivity index (χ2v) is 4.41. The monoisotopic (exact) mass is 259 g/mol. The van der Waals surface area contributed by atoms with Crippen LogP contribution in [-0.4, -0.2) is 19.7 Å². The smallest absolute Gasteiger partial charge is 0.161 e. The Bertz CT molecular complexity index is 708. The van der Waals surface area contributed by atoms with Gasteiger partial charge in [0.15, 0.2) is 5.65 Å². The van der Waals surface area contributed by atoms with E-state index >= 15 is 0 Å². The lowest BCUT2D eigenvalue weighted by molar-refractivity contribution is 0.471. The minimum Gasteiger partial charge on any atom is -0.506 e. The van der Waals surface area contributed by atoms with Gasteiger partial charge in [-0.2, -0.15) is 0 Å². The predicted octanol–water partition coefficient (Wildman–Crippen LogP) is 2.68. The third-order valence-corrected chi connectivity index (χ3v) is 3.13. The van der Waals surface area contributed by atoms with Crippen LogP contribution >= 0.6 is 11.6 Å². The Labute approximate surface area is 108 Å². The van der Waals surface area contributed by atoms with Crippen molar-refractivity contribution in [3.05, 3.63) is 59.0 Å². The van der Waals surface area contributed by atoms with Gasteiger partial charge in [-0.15, -0.1) is 10.2 Å². The fourth-order valence-electron chi connectivity index (χ4n) is 1.86. The van der Waals surface area contributed by atoms with Crippen LogP contribution in [0.4, 0.5) is 0 Å². The zero-order valence-corrected chi connectivity index (χ0v) is 10.2. The highest BCUT2D eigenvalue weighted by Crippen LogP contribution is 2.19. The zero-order chi connectivity index (χ0) is 12.5. The number of fused-ring (bicyclic) bond motifs is 1. The van der Waals surface area contributed by atoms with Crippen LogP contribution in [0.2, 0.25) is 5.02 Å². The van der Waals surface area contributed by atoms with Crippen molar-refractivity contribution in [3.8, 4) is 5.75 Å². The number of hydrogen-bond acceptors (Lipinski definition) is 3. The highest BCUT2D eigenvalue weighted by Gasteiger charge is 2.08. The first kappa shape index (κ1) is 11.0. The summed E-state index contributed by atoms with van der Waals surface area (Å²) in [5, 5.41) is 18.4. The minimum atomic E-state index is 0.183. The fourth-order valence-corrected chi connectivity index (χ4v) is 2.06. The molecule has 0 radical (unpaired) electrons. The molecule has 0 saturated carbocycles. The van der Waals surface area contributed by atoms with Gasteiger partial charge in [0.1, 0.15) is 11.6 Å². The van der Waals surface area contributed by atoms with Gasteiger partial charge in [-0.1, -0.05) is 29.8 Å². The van der Waals surface area contributed by atoms with Crippen molar-refractivity contribution in [2.24, 2.45) is 0 Å². The summed E-state index contributed by atoms with van der Waals surface area (Å²) < 4.78 is 1.76. The van der Waals surface area contributed by atoms with Crippen LogP contribution in [0.5, 0.6) is 5.75 Å². The van der Waals surface area contributed by atoms with E-state index in [2.05, 4.69) is 10.2 Å². The Morgan fingerprint density at radius 2 is 1.94 bits per heavy atom. The van der Waals surface area contributed by atoms with Gasteiger partial charge in [-0.25, -0.2) is 0 Å². The van der Waals surface area contributed by atoms with Gasteiger partial charge < -0.3 is 5.11 Å². The van der Waals surface area contributed by atoms with Crippen LogP contribution in [0.3, 0.4) is 0 Å². The number of benzene rings is 1. The first-order valence-corrected chi connectivity index (χ1v) is 5.88. The third-order valence-electron chi connectivity index (χ3n) is 2.76. The lowest BCUT2D eigenvalue weighted by atomic mass is 10.1. The Morgan fingerprint density at radius 3 is 2.78 bits per heavy atom. The molecular weight excluding hydrogens is 250 g/mol. The summed E-state index contributed by atoms with van der Waals surface area (Å²) >= 11 is 6.12. The van der Waals surface area contributed by atoms with Crippen molar-refractivity contribution >= 4 is 17.2 Å². The van der Waals surface area contributed by atoms with E-state index in [1.807, 2.05) is 24.3 Å². The summed E-state index contributed by atoms with van der Waals surface area (Å²) in [4.78, 5) is 0. The summed E-state index contributed by atoms with van der Waals surface area (Å²) in [5.74, 6) is 0.928. The molecule has 0 aliphatic rings. The molecule has 3 rings (SSSR count). The molecule has 1 aromatic carbocycles. The number of pyridine rings is 1. The molecule has 1 N–H and O–H groups in total.